The van der Waals surface area contributed by atoms with Gasteiger partial charge in [-0.25, -0.2) is 14.4 Å². The number of pyridine rings is 1. The third kappa shape index (κ3) is 4.49. The summed E-state index contributed by atoms with van der Waals surface area (Å²) in [4.78, 5) is 39.7. The van der Waals surface area contributed by atoms with Gasteiger partial charge in [0, 0.05) is 23.6 Å². The molecule has 0 unspecified atom stereocenters. The first kappa shape index (κ1) is 26.0. The summed E-state index contributed by atoms with van der Waals surface area (Å²) < 4.78 is 55.6. The summed E-state index contributed by atoms with van der Waals surface area (Å²) in [6, 6.07) is 11.5. The van der Waals surface area contributed by atoms with E-state index in [2.05, 4.69) is 20.3 Å². The number of nitrogens with one attached hydrogen (secondary N) is 1. The third-order valence-electron chi connectivity index (χ3n) is 6.58. The first-order chi connectivity index (χ1) is 18.4. The van der Waals surface area contributed by atoms with Crippen LogP contribution in [0.15, 0.2) is 67.3 Å². The fourth-order valence-corrected chi connectivity index (χ4v) is 4.64. The van der Waals surface area contributed by atoms with Crippen LogP contribution in [0, 0.1) is 12.7 Å². The number of carbonyl (C=O) groups is 2. The van der Waals surface area contributed by atoms with E-state index in [1.54, 1.807) is 38.1 Å². The molecule has 2 aromatic carbocycles. The van der Waals surface area contributed by atoms with Crippen LogP contribution in [0.4, 0.5) is 34.8 Å². The van der Waals surface area contributed by atoms with Gasteiger partial charge in [0.15, 0.2) is 5.69 Å². The molecule has 39 heavy (non-hydrogen) atoms. The number of alkyl halides is 3. The average Bonchev–Trinajstić information content (AvgIpc) is 3.11. The number of aryl methyl sites for hydroxylation is 1. The highest BCUT2D eigenvalue weighted by Gasteiger charge is 2.47. The summed E-state index contributed by atoms with van der Waals surface area (Å²) in [7, 11) is 0. The quantitative estimate of drug-likeness (QED) is 0.314. The van der Waals surface area contributed by atoms with Gasteiger partial charge in [0.05, 0.1) is 16.7 Å². The zero-order chi connectivity index (χ0) is 28.1. The number of rotatable bonds is 4. The number of fused-ring (bicyclic) bond motifs is 1. The maximum Gasteiger partial charge on any atom is 0.434 e. The highest BCUT2D eigenvalue weighted by atomic mass is 19.4. The third-order valence-corrected chi connectivity index (χ3v) is 6.58. The fraction of sp³-hybridized carbons (Fsp3) is 0.179. The lowest BCUT2D eigenvalue weighted by atomic mass is 9.81. The topological polar surface area (TPSA) is 88.1 Å². The molecule has 0 atom stereocenters. The zero-order valence-electron chi connectivity index (χ0n) is 21.0. The Morgan fingerprint density at radius 1 is 1.05 bits per heavy atom. The molecule has 0 spiro atoms. The lowest BCUT2D eigenvalue weighted by molar-refractivity contribution is -0.141. The van der Waals surface area contributed by atoms with Crippen LogP contribution in [-0.4, -0.2) is 26.8 Å². The molecule has 0 bridgehead atoms. The Morgan fingerprint density at radius 3 is 2.49 bits per heavy atom. The second-order valence-corrected chi connectivity index (χ2v) is 9.57. The van der Waals surface area contributed by atoms with E-state index in [1.165, 1.54) is 36.5 Å². The molecule has 1 N–H and O–H groups in total. The van der Waals surface area contributed by atoms with Gasteiger partial charge in [-0.2, -0.15) is 13.2 Å². The number of hydrogen-bond donors (Lipinski definition) is 1. The molecule has 0 aliphatic carbocycles. The van der Waals surface area contributed by atoms with E-state index in [-0.39, 0.29) is 17.2 Å². The number of hydrogen-bond acceptors (Lipinski definition) is 5. The highest BCUT2D eigenvalue weighted by molar-refractivity contribution is 6.14. The van der Waals surface area contributed by atoms with Crippen molar-refractivity contribution in [1.82, 2.24) is 15.0 Å². The SMILES string of the molecule is Cc1ccc(NC(=O)c2cc(-c3cccc4c3C(C)(C)C(=O)N4c3ccncn3)cnc2C(F)(F)F)cc1F. The van der Waals surface area contributed by atoms with Gasteiger partial charge in [-0.15, -0.1) is 0 Å². The van der Waals surface area contributed by atoms with E-state index >= 15 is 0 Å². The van der Waals surface area contributed by atoms with Crippen molar-refractivity contribution in [3.05, 3.63) is 95.5 Å². The van der Waals surface area contributed by atoms with Gasteiger partial charge >= 0.3 is 6.18 Å². The molecule has 2 aromatic heterocycles. The Labute approximate surface area is 220 Å². The second kappa shape index (κ2) is 9.26. The maximum absolute atomic E-state index is 14.0. The number of amides is 2. The van der Waals surface area contributed by atoms with Gasteiger partial charge in [0.2, 0.25) is 5.91 Å². The van der Waals surface area contributed by atoms with E-state index in [4.69, 9.17) is 0 Å². The van der Waals surface area contributed by atoms with Crippen LogP contribution in [0.2, 0.25) is 0 Å². The molecular formula is C28H21F4N5O2. The van der Waals surface area contributed by atoms with Crippen LogP contribution in [-0.2, 0) is 16.4 Å². The summed E-state index contributed by atoms with van der Waals surface area (Å²) in [5.41, 5.74) is -1.22. The van der Waals surface area contributed by atoms with Crippen molar-refractivity contribution in [1.29, 1.82) is 0 Å². The molecule has 7 nitrogen and oxygen atoms in total. The van der Waals surface area contributed by atoms with Crippen molar-refractivity contribution in [2.75, 3.05) is 10.2 Å². The maximum atomic E-state index is 14.0. The van der Waals surface area contributed by atoms with Crippen molar-refractivity contribution >= 4 is 29.0 Å². The summed E-state index contributed by atoms with van der Waals surface area (Å²) in [5.74, 6) is -1.67. The molecule has 3 heterocycles. The minimum absolute atomic E-state index is 0.00514. The Morgan fingerprint density at radius 2 is 1.82 bits per heavy atom. The van der Waals surface area contributed by atoms with Crippen molar-refractivity contribution in [2.45, 2.75) is 32.4 Å². The number of halogens is 4. The molecular weight excluding hydrogens is 514 g/mol. The van der Waals surface area contributed by atoms with Crippen molar-refractivity contribution in [3.63, 3.8) is 0 Å². The standard InChI is InChI=1S/C28H21F4N5O2/c1-15-7-8-17(12-20(15)29)36-25(38)19-11-16(13-34-24(19)28(30,31)32)18-5-4-6-21-23(18)27(2,3)26(39)37(21)22-9-10-33-14-35-22/h4-14H,1-3H3,(H,36,38). The Bertz CT molecular complexity index is 1620. The Balaban J connectivity index is 1.64. The van der Waals surface area contributed by atoms with Gasteiger partial charge < -0.3 is 5.32 Å². The van der Waals surface area contributed by atoms with Crippen molar-refractivity contribution < 1.29 is 27.2 Å². The zero-order valence-corrected chi connectivity index (χ0v) is 21.0. The second-order valence-electron chi connectivity index (χ2n) is 9.57. The lowest BCUT2D eigenvalue weighted by Crippen LogP contribution is -2.33. The lowest BCUT2D eigenvalue weighted by Gasteiger charge is -2.20. The van der Waals surface area contributed by atoms with Gasteiger partial charge in [-0.3, -0.25) is 19.5 Å². The molecule has 1 aliphatic heterocycles. The molecule has 5 rings (SSSR count). The smallest absolute Gasteiger partial charge is 0.322 e. The number of nitrogens with zero attached hydrogens (tertiary/aromatic N) is 4. The molecule has 0 saturated carbocycles. The summed E-state index contributed by atoms with van der Waals surface area (Å²) in [6.45, 7) is 4.93. The van der Waals surface area contributed by atoms with Crippen molar-refractivity contribution in [3.8, 4) is 11.1 Å². The average molecular weight is 536 g/mol. The minimum Gasteiger partial charge on any atom is -0.322 e. The Hall–Kier alpha value is -4.67. The molecule has 0 radical (unpaired) electrons. The van der Waals surface area contributed by atoms with Gasteiger partial charge in [0.25, 0.3) is 5.91 Å². The molecule has 2 amide bonds. The van der Waals surface area contributed by atoms with Crippen LogP contribution < -0.4 is 10.2 Å². The number of anilines is 3. The van der Waals surface area contributed by atoms with E-state index in [0.29, 0.717) is 28.2 Å². The predicted octanol–water partition coefficient (Wildman–Crippen LogP) is 6.21. The van der Waals surface area contributed by atoms with E-state index in [1.807, 2.05) is 0 Å². The monoisotopic (exact) mass is 535 g/mol. The predicted molar refractivity (Wildman–Crippen MR) is 136 cm³/mol. The van der Waals surface area contributed by atoms with Crippen LogP contribution in [0.3, 0.4) is 0 Å². The number of carbonyl (C=O) groups excluding carboxylic acids is 2. The van der Waals surface area contributed by atoms with Gasteiger partial charge in [-0.05, 0) is 67.8 Å². The largest absolute Gasteiger partial charge is 0.434 e. The van der Waals surface area contributed by atoms with Crippen LogP contribution in [0.25, 0.3) is 11.1 Å². The molecule has 198 valence electrons. The Kier molecular flexibility index (Phi) is 6.16. The number of aromatic nitrogens is 3. The van der Waals surface area contributed by atoms with Crippen molar-refractivity contribution in [2.24, 2.45) is 0 Å². The van der Waals surface area contributed by atoms with Crippen LogP contribution >= 0.6 is 0 Å². The van der Waals surface area contributed by atoms with Gasteiger partial charge in [-0.1, -0.05) is 18.2 Å². The molecule has 0 saturated heterocycles. The van der Waals surface area contributed by atoms with Gasteiger partial charge in [0.1, 0.15) is 18.0 Å². The fourth-order valence-electron chi connectivity index (χ4n) is 4.64. The summed E-state index contributed by atoms with van der Waals surface area (Å²) in [6.07, 6.45) is -1.10. The first-order valence-electron chi connectivity index (χ1n) is 11.8. The normalized spacial score (nSPS) is 14.3. The van der Waals surface area contributed by atoms with Crippen LogP contribution in [0.1, 0.15) is 41.0 Å². The summed E-state index contributed by atoms with van der Waals surface area (Å²) in [5, 5.41) is 2.33. The number of benzene rings is 2. The van der Waals surface area contributed by atoms with E-state index in [9.17, 15) is 27.2 Å². The minimum atomic E-state index is -4.93. The molecule has 1 aliphatic rings. The first-order valence-corrected chi connectivity index (χ1v) is 11.8. The van der Waals surface area contributed by atoms with E-state index < -0.39 is 34.6 Å². The van der Waals surface area contributed by atoms with Crippen LogP contribution in [0.5, 0.6) is 0 Å². The highest BCUT2D eigenvalue weighted by Crippen LogP contribution is 2.49. The molecule has 0 fully saturated rings. The molecule has 11 heteroatoms. The van der Waals surface area contributed by atoms with E-state index in [0.717, 1.165) is 18.3 Å². The molecule has 4 aromatic rings. The summed E-state index contributed by atoms with van der Waals surface area (Å²) >= 11 is 0.